The van der Waals surface area contributed by atoms with E-state index >= 15 is 0 Å². The molecule has 0 fully saturated rings. The van der Waals surface area contributed by atoms with Crippen LogP contribution in [0.5, 0.6) is 0 Å². The lowest BCUT2D eigenvalue weighted by atomic mass is 10.4. The van der Waals surface area contributed by atoms with Crippen molar-refractivity contribution in [2.24, 2.45) is 0 Å². The Labute approximate surface area is 88.0 Å². The molecule has 1 heterocycles. The van der Waals surface area contributed by atoms with Crippen molar-refractivity contribution in [2.45, 2.75) is 13.5 Å². The van der Waals surface area contributed by atoms with Crippen LogP contribution in [-0.2, 0) is 16.1 Å². The predicted octanol–water partition coefficient (Wildman–Crippen LogP) is 0.411. The Morgan fingerprint density at radius 2 is 2.27 bits per heavy atom. The summed E-state index contributed by atoms with van der Waals surface area (Å²) >= 11 is 0. The molecule has 1 rings (SSSR count). The molecule has 0 radical (unpaired) electrons. The van der Waals surface area contributed by atoms with E-state index in [1.807, 2.05) is 0 Å². The average molecular weight is 210 g/mol. The standard InChI is InChI=1S/C10H14N2O3/c1-3-15-10(14)8-5-4-6-12(8)7-9(13)11-2/h4-6H,3,7H2,1-2H3,(H,11,13). The van der Waals surface area contributed by atoms with E-state index in [1.54, 1.807) is 36.9 Å². The maximum absolute atomic E-state index is 11.4. The average Bonchev–Trinajstić information content (AvgIpc) is 2.66. The van der Waals surface area contributed by atoms with Crippen molar-refractivity contribution < 1.29 is 14.3 Å². The number of likely N-dealkylation sites (N-methyl/N-ethyl adjacent to an activating group) is 1. The fourth-order valence-corrected chi connectivity index (χ4v) is 1.18. The molecule has 5 nitrogen and oxygen atoms in total. The van der Waals surface area contributed by atoms with Crippen molar-refractivity contribution in [1.29, 1.82) is 0 Å². The second-order valence-corrected chi connectivity index (χ2v) is 2.91. The second kappa shape index (κ2) is 5.19. The van der Waals surface area contributed by atoms with Crippen molar-refractivity contribution in [3.05, 3.63) is 24.0 Å². The molecule has 0 spiro atoms. The van der Waals surface area contributed by atoms with Crippen LogP contribution >= 0.6 is 0 Å². The molecule has 1 aromatic heterocycles. The highest BCUT2D eigenvalue weighted by molar-refractivity contribution is 5.88. The van der Waals surface area contributed by atoms with Gasteiger partial charge in [-0.05, 0) is 19.1 Å². The van der Waals surface area contributed by atoms with Crippen molar-refractivity contribution >= 4 is 11.9 Å². The summed E-state index contributed by atoms with van der Waals surface area (Å²) < 4.78 is 6.40. The molecule has 1 aromatic rings. The summed E-state index contributed by atoms with van der Waals surface area (Å²) in [7, 11) is 1.55. The zero-order valence-corrected chi connectivity index (χ0v) is 8.82. The summed E-state index contributed by atoms with van der Waals surface area (Å²) in [4.78, 5) is 22.5. The molecule has 5 heteroatoms. The Morgan fingerprint density at radius 1 is 1.53 bits per heavy atom. The van der Waals surface area contributed by atoms with Crippen molar-refractivity contribution in [3.63, 3.8) is 0 Å². The number of hydrogen-bond acceptors (Lipinski definition) is 3. The molecule has 0 unspecified atom stereocenters. The Kier molecular flexibility index (Phi) is 3.91. The number of ether oxygens (including phenoxy) is 1. The number of aromatic nitrogens is 1. The molecule has 0 aliphatic heterocycles. The first-order valence-electron chi connectivity index (χ1n) is 4.72. The molecule has 1 N–H and O–H groups in total. The van der Waals surface area contributed by atoms with Gasteiger partial charge in [0.15, 0.2) is 0 Å². The number of nitrogens with zero attached hydrogens (tertiary/aromatic N) is 1. The third-order valence-electron chi connectivity index (χ3n) is 1.91. The monoisotopic (exact) mass is 210 g/mol. The number of rotatable bonds is 4. The Hall–Kier alpha value is -1.78. The highest BCUT2D eigenvalue weighted by Gasteiger charge is 2.12. The minimum Gasteiger partial charge on any atom is -0.461 e. The van der Waals surface area contributed by atoms with Crippen LogP contribution in [0.2, 0.25) is 0 Å². The number of hydrogen-bond donors (Lipinski definition) is 1. The van der Waals surface area contributed by atoms with E-state index in [4.69, 9.17) is 4.74 Å². The van der Waals surface area contributed by atoms with Crippen LogP contribution in [0.4, 0.5) is 0 Å². The van der Waals surface area contributed by atoms with Crippen LogP contribution in [0.15, 0.2) is 18.3 Å². The predicted molar refractivity (Wildman–Crippen MR) is 54.5 cm³/mol. The number of esters is 1. The molecule has 0 saturated heterocycles. The highest BCUT2D eigenvalue weighted by atomic mass is 16.5. The molecular formula is C10H14N2O3. The molecule has 0 aromatic carbocycles. The van der Waals surface area contributed by atoms with Crippen LogP contribution in [0.3, 0.4) is 0 Å². The fourth-order valence-electron chi connectivity index (χ4n) is 1.18. The first-order chi connectivity index (χ1) is 7.19. The maximum Gasteiger partial charge on any atom is 0.354 e. The summed E-state index contributed by atoms with van der Waals surface area (Å²) in [6.45, 7) is 2.19. The van der Waals surface area contributed by atoms with Crippen molar-refractivity contribution in [1.82, 2.24) is 9.88 Å². The third-order valence-corrected chi connectivity index (χ3v) is 1.91. The summed E-state index contributed by atoms with van der Waals surface area (Å²) in [5.41, 5.74) is 0.389. The molecule has 0 saturated carbocycles. The second-order valence-electron chi connectivity index (χ2n) is 2.91. The van der Waals surface area contributed by atoms with E-state index in [1.165, 1.54) is 0 Å². The Morgan fingerprint density at radius 3 is 2.87 bits per heavy atom. The third kappa shape index (κ3) is 2.83. The van der Waals surface area contributed by atoms with Gasteiger partial charge >= 0.3 is 5.97 Å². The highest BCUT2D eigenvalue weighted by Crippen LogP contribution is 2.04. The lowest BCUT2D eigenvalue weighted by Crippen LogP contribution is -2.25. The van der Waals surface area contributed by atoms with Crippen molar-refractivity contribution in [2.75, 3.05) is 13.7 Å². The van der Waals surface area contributed by atoms with E-state index in [2.05, 4.69) is 5.32 Å². The minimum absolute atomic E-state index is 0.123. The molecular weight excluding hydrogens is 196 g/mol. The lowest BCUT2D eigenvalue weighted by molar-refractivity contribution is -0.121. The lowest BCUT2D eigenvalue weighted by Gasteiger charge is -2.07. The topological polar surface area (TPSA) is 60.3 Å². The molecule has 1 amide bonds. The van der Waals surface area contributed by atoms with E-state index in [-0.39, 0.29) is 12.5 Å². The quantitative estimate of drug-likeness (QED) is 0.732. The summed E-state index contributed by atoms with van der Waals surface area (Å²) in [5.74, 6) is -0.567. The van der Waals surface area contributed by atoms with Gasteiger partial charge in [-0.25, -0.2) is 4.79 Å². The van der Waals surface area contributed by atoms with E-state index in [0.29, 0.717) is 12.3 Å². The van der Waals surface area contributed by atoms with Crippen LogP contribution in [0, 0.1) is 0 Å². The molecule has 15 heavy (non-hydrogen) atoms. The Bertz CT molecular complexity index is 357. The first-order valence-corrected chi connectivity index (χ1v) is 4.72. The van der Waals surface area contributed by atoms with E-state index in [0.717, 1.165) is 0 Å². The normalized spacial score (nSPS) is 9.73. The number of amides is 1. The van der Waals surface area contributed by atoms with Gasteiger partial charge in [0.05, 0.1) is 6.61 Å². The van der Waals surface area contributed by atoms with Gasteiger partial charge in [0, 0.05) is 13.2 Å². The van der Waals surface area contributed by atoms with Crippen LogP contribution < -0.4 is 5.32 Å². The fraction of sp³-hybridized carbons (Fsp3) is 0.400. The Balaban J connectivity index is 2.77. The largest absolute Gasteiger partial charge is 0.461 e. The summed E-state index contributed by atoms with van der Waals surface area (Å²) in [5, 5.41) is 2.49. The van der Waals surface area contributed by atoms with Crippen LogP contribution in [0.25, 0.3) is 0 Å². The number of nitrogens with one attached hydrogen (secondary N) is 1. The minimum atomic E-state index is -0.411. The first kappa shape index (κ1) is 11.3. The zero-order valence-electron chi connectivity index (χ0n) is 8.82. The van der Waals surface area contributed by atoms with Gasteiger partial charge in [-0.15, -0.1) is 0 Å². The smallest absolute Gasteiger partial charge is 0.354 e. The summed E-state index contributed by atoms with van der Waals surface area (Å²) in [6.07, 6.45) is 1.67. The van der Waals surface area contributed by atoms with E-state index < -0.39 is 5.97 Å². The van der Waals surface area contributed by atoms with Gasteiger partial charge in [0.25, 0.3) is 0 Å². The van der Waals surface area contributed by atoms with Gasteiger partial charge in [-0.2, -0.15) is 0 Å². The SMILES string of the molecule is CCOC(=O)c1cccn1CC(=O)NC. The maximum atomic E-state index is 11.4. The van der Waals surface area contributed by atoms with E-state index in [9.17, 15) is 9.59 Å². The van der Waals surface area contributed by atoms with Gasteiger partial charge in [0.1, 0.15) is 12.2 Å². The van der Waals surface area contributed by atoms with Gasteiger partial charge < -0.3 is 14.6 Å². The van der Waals surface area contributed by atoms with Crippen molar-refractivity contribution in [3.8, 4) is 0 Å². The number of carbonyl (C=O) groups is 2. The van der Waals surface area contributed by atoms with Gasteiger partial charge in [-0.1, -0.05) is 0 Å². The zero-order chi connectivity index (χ0) is 11.3. The van der Waals surface area contributed by atoms with Gasteiger partial charge in [-0.3, -0.25) is 4.79 Å². The van der Waals surface area contributed by atoms with Crippen LogP contribution in [-0.4, -0.2) is 30.1 Å². The summed E-state index contributed by atoms with van der Waals surface area (Å²) in [6, 6.07) is 3.33. The molecule has 0 aliphatic rings. The van der Waals surface area contributed by atoms with Gasteiger partial charge in [0.2, 0.25) is 5.91 Å². The molecule has 0 aliphatic carbocycles. The molecule has 0 atom stereocenters. The molecule has 82 valence electrons. The van der Waals surface area contributed by atoms with Crippen LogP contribution in [0.1, 0.15) is 17.4 Å². The number of carbonyl (C=O) groups excluding carboxylic acids is 2. The molecule has 0 bridgehead atoms.